The van der Waals surface area contributed by atoms with E-state index in [1.165, 1.54) is 5.56 Å². The van der Waals surface area contributed by atoms with Gasteiger partial charge >= 0.3 is 0 Å². The first-order valence-corrected chi connectivity index (χ1v) is 6.88. The van der Waals surface area contributed by atoms with Gasteiger partial charge in [-0.25, -0.2) is 0 Å². The summed E-state index contributed by atoms with van der Waals surface area (Å²) in [5, 5.41) is 3.14. The Balaban J connectivity index is 0.00000361. The molecule has 0 bridgehead atoms. The minimum Gasteiger partial charge on any atom is -0.370 e. The predicted octanol–water partition coefficient (Wildman–Crippen LogP) is 3.11. The van der Waals surface area contributed by atoms with Crippen LogP contribution in [0.4, 0.5) is 5.69 Å². The fraction of sp³-hybridized carbons (Fsp3) is 0.533. The largest absolute Gasteiger partial charge is 0.370 e. The van der Waals surface area contributed by atoms with Crippen LogP contribution in [0.2, 0.25) is 0 Å². The molecule has 0 aliphatic rings. The van der Waals surface area contributed by atoms with Gasteiger partial charge in [0.25, 0.3) is 0 Å². The molecule has 0 aromatic heterocycles. The highest BCUT2D eigenvalue weighted by Crippen LogP contribution is 2.18. The van der Waals surface area contributed by atoms with E-state index in [9.17, 15) is 0 Å². The smallest absolute Gasteiger partial charge is 0.193 e. The summed E-state index contributed by atoms with van der Waals surface area (Å²) in [6.45, 7) is 9.15. The van der Waals surface area contributed by atoms with E-state index in [1.807, 2.05) is 12.1 Å². The first-order chi connectivity index (χ1) is 9.02. The van der Waals surface area contributed by atoms with Crippen LogP contribution in [0, 0.1) is 0 Å². The number of anilines is 1. The molecule has 0 unspecified atom stereocenters. The molecule has 0 aliphatic carbocycles. The van der Waals surface area contributed by atoms with Crippen molar-refractivity contribution in [1.82, 2.24) is 4.90 Å². The lowest BCUT2D eigenvalue weighted by Crippen LogP contribution is -2.26. The predicted molar refractivity (Wildman–Crippen MR) is 99.2 cm³/mol. The zero-order valence-corrected chi connectivity index (χ0v) is 15.2. The van der Waals surface area contributed by atoms with Crippen LogP contribution in [0.25, 0.3) is 0 Å². The molecule has 0 saturated carbocycles. The van der Waals surface area contributed by atoms with Gasteiger partial charge < -0.3 is 16.0 Å². The molecule has 20 heavy (non-hydrogen) atoms. The quantitative estimate of drug-likeness (QED) is 0.446. The van der Waals surface area contributed by atoms with E-state index in [4.69, 9.17) is 5.73 Å². The molecule has 4 nitrogen and oxygen atoms in total. The number of guanidine groups is 1. The number of nitrogens with one attached hydrogen (secondary N) is 1. The van der Waals surface area contributed by atoms with Gasteiger partial charge in [-0.2, -0.15) is 0 Å². The van der Waals surface area contributed by atoms with E-state index in [0.29, 0.717) is 18.4 Å². The Morgan fingerprint density at radius 3 is 2.70 bits per heavy atom. The maximum Gasteiger partial charge on any atom is 0.193 e. The molecule has 0 spiro atoms. The Morgan fingerprint density at radius 1 is 1.40 bits per heavy atom. The van der Waals surface area contributed by atoms with Crippen molar-refractivity contribution in [2.75, 3.05) is 32.0 Å². The third kappa shape index (κ3) is 7.09. The van der Waals surface area contributed by atoms with Gasteiger partial charge in [0.05, 0.1) is 6.54 Å². The maximum absolute atomic E-state index is 5.88. The Hall–Kier alpha value is -0.820. The summed E-state index contributed by atoms with van der Waals surface area (Å²) in [6, 6.07) is 8.28. The lowest BCUT2D eigenvalue weighted by Gasteiger charge is -2.12. The number of likely N-dealkylation sites (N-methyl/N-ethyl adjacent to an activating group) is 1. The second-order valence-corrected chi connectivity index (χ2v) is 5.07. The molecular weight excluding hydrogens is 363 g/mol. The molecule has 1 aromatic carbocycles. The number of hydrogen-bond acceptors (Lipinski definition) is 2. The van der Waals surface area contributed by atoms with Crippen LogP contribution in [0.3, 0.4) is 0 Å². The highest BCUT2D eigenvalue weighted by atomic mass is 127. The zero-order chi connectivity index (χ0) is 14.3. The topological polar surface area (TPSA) is 53.6 Å². The molecule has 1 aromatic rings. The number of hydrogen-bond donors (Lipinski definition) is 2. The molecule has 0 amide bonds. The summed E-state index contributed by atoms with van der Waals surface area (Å²) in [5.74, 6) is 0.989. The Kier molecular flexibility index (Phi) is 9.58. The second-order valence-electron chi connectivity index (χ2n) is 5.07. The van der Waals surface area contributed by atoms with Crippen molar-refractivity contribution in [3.63, 3.8) is 0 Å². The molecule has 0 fully saturated rings. The van der Waals surface area contributed by atoms with Crippen LogP contribution in [0.1, 0.15) is 32.3 Å². The third-order valence-electron chi connectivity index (χ3n) is 3.13. The summed E-state index contributed by atoms with van der Waals surface area (Å²) >= 11 is 0. The molecular formula is C15H27IN4. The van der Waals surface area contributed by atoms with Gasteiger partial charge in [0, 0.05) is 12.2 Å². The fourth-order valence-electron chi connectivity index (χ4n) is 1.66. The fourth-order valence-corrected chi connectivity index (χ4v) is 1.66. The van der Waals surface area contributed by atoms with E-state index < -0.39 is 0 Å². The first kappa shape index (κ1) is 19.2. The average molecular weight is 390 g/mol. The van der Waals surface area contributed by atoms with E-state index in [2.05, 4.69) is 55.2 Å². The summed E-state index contributed by atoms with van der Waals surface area (Å²) in [5.41, 5.74) is 8.17. The number of nitrogens with zero attached hydrogens (tertiary/aromatic N) is 2. The Bertz CT molecular complexity index is 418. The molecule has 5 heteroatoms. The Morgan fingerprint density at radius 2 is 2.10 bits per heavy atom. The van der Waals surface area contributed by atoms with Gasteiger partial charge in [-0.05, 0) is 37.2 Å². The highest BCUT2D eigenvalue weighted by Gasteiger charge is 2.01. The summed E-state index contributed by atoms with van der Waals surface area (Å²) in [7, 11) is 2.07. The van der Waals surface area contributed by atoms with Crippen LogP contribution in [0.15, 0.2) is 29.3 Å². The van der Waals surface area contributed by atoms with Crippen LogP contribution < -0.4 is 11.1 Å². The van der Waals surface area contributed by atoms with Crippen molar-refractivity contribution in [1.29, 1.82) is 0 Å². The first-order valence-electron chi connectivity index (χ1n) is 6.88. The maximum atomic E-state index is 5.88. The Labute approximate surface area is 139 Å². The van der Waals surface area contributed by atoms with E-state index >= 15 is 0 Å². The van der Waals surface area contributed by atoms with Crippen molar-refractivity contribution < 1.29 is 0 Å². The van der Waals surface area contributed by atoms with Crippen molar-refractivity contribution >= 4 is 35.6 Å². The lowest BCUT2D eigenvalue weighted by atomic mass is 10.0. The SMILES string of the molecule is CCN(C)CCN=C(N)Nc1cccc(C(C)C)c1.I. The van der Waals surface area contributed by atoms with Crippen molar-refractivity contribution in [2.24, 2.45) is 10.7 Å². The van der Waals surface area contributed by atoms with E-state index in [1.54, 1.807) is 0 Å². The molecule has 0 atom stereocenters. The van der Waals surface area contributed by atoms with Crippen LogP contribution in [0.5, 0.6) is 0 Å². The van der Waals surface area contributed by atoms with Crippen LogP contribution in [-0.4, -0.2) is 37.5 Å². The average Bonchev–Trinajstić information content (AvgIpc) is 2.38. The van der Waals surface area contributed by atoms with Crippen molar-refractivity contribution in [3.05, 3.63) is 29.8 Å². The number of benzene rings is 1. The van der Waals surface area contributed by atoms with Gasteiger partial charge in [-0.15, -0.1) is 24.0 Å². The molecule has 0 saturated heterocycles. The summed E-state index contributed by atoms with van der Waals surface area (Å²) in [4.78, 5) is 6.53. The number of rotatable bonds is 6. The summed E-state index contributed by atoms with van der Waals surface area (Å²) in [6.07, 6.45) is 0. The standard InChI is InChI=1S/C15H26N4.HI/c1-5-19(4)10-9-17-15(16)18-14-8-6-7-13(11-14)12(2)3;/h6-8,11-12H,5,9-10H2,1-4H3,(H3,16,17,18);1H. The van der Waals surface area contributed by atoms with Gasteiger partial charge in [-0.1, -0.05) is 32.9 Å². The monoisotopic (exact) mass is 390 g/mol. The van der Waals surface area contributed by atoms with E-state index in [0.717, 1.165) is 18.8 Å². The third-order valence-corrected chi connectivity index (χ3v) is 3.13. The number of aliphatic imine (C=N–C) groups is 1. The van der Waals surface area contributed by atoms with Crippen molar-refractivity contribution in [2.45, 2.75) is 26.7 Å². The van der Waals surface area contributed by atoms with Crippen molar-refractivity contribution in [3.8, 4) is 0 Å². The van der Waals surface area contributed by atoms with Crippen LogP contribution >= 0.6 is 24.0 Å². The van der Waals surface area contributed by atoms with Gasteiger partial charge in [0.2, 0.25) is 0 Å². The normalized spacial score (nSPS) is 11.6. The minimum absolute atomic E-state index is 0. The van der Waals surface area contributed by atoms with Gasteiger partial charge in [0.15, 0.2) is 5.96 Å². The number of nitrogens with two attached hydrogens (primary N) is 1. The van der Waals surface area contributed by atoms with Crippen LogP contribution in [-0.2, 0) is 0 Å². The lowest BCUT2D eigenvalue weighted by molar-refractivity contribution is 0.363. The highest BCUT2D eigenvalue weighted by molar-refractivity contribution is 14.0. The molecule has 1 rings (SSSR count). The molecule has 0 radical (unpaired) electrons. The molecule has 3 N–H and O–H groups in total. The molecule has 114 valence electrons. The second kappa shape index (κ2) is 9.99. The molecule has 0 aliphatic heterocycles. The molecule has 0 heterocycles. The van der Waals surface area contributed by atoms with E-state index in [-0.39, 0.29) is 24.0 Å². The summed E-state index contributed by atoms with van der Waals surface area (Å²) < 4.78 is 0. The number of halogens is 1. The zero-order valence-electron chi connectivity index (χ0n) is 12.9. The van der Waals surface area contributed by atoms with Gasteiger partial charge in [0.1, 0.15) is 0 Å². The minimum atomic E-state index is 0. The van der Waals surface area contributed by atoms with Gasteiger partial charge in [-0.3, -0.25) is 4.99 Å².